The number of aromatic nitrogens is 2. The number of rotatable bonds is 6. The van der Waals surface area contributed by atoms with Crippen LogP contribution < -0.4 is 10.2 Å². The summed E-state index contributed by atoms with van der Waals surface area (Å²) >= 11 is 0. The highest BCUT2D eigenvalue weighted by molar-refractivity contribution is 6.00. The molecular formula is C26H26N4O2. The highest BCUT2D eigenvalue weighted by Crippen LogP contribution is 2.51. The predicted molar refractivity (Wildman–Crippen MR) is 124 cm³/mol. The first-order valence-electron chi connectivity index (χ1n) is 11.1. The number of nitrogens with one attached hydrogen (secondary N) is 1. The van der Waals surface area contributed by atoms with Crippen LogP contribution in [0.5, 0.6) is 0 Å². The molecule has 3 heterocycles. The molecule has 1 aliphatic carbocycles. The number of hydrogen-bond acceptors (Lipinski definition) is 4. The summed E-state index contributed by atoms with van der Waals surface area (Å²) in [4.78, 5) is 35.9. The molecule has 5 rings (SSSR count). The molecule has 6 heteroatoms. The molecule has 1 saturated heterocycles. The Kier molecular flexibility index (Phi) is 5.21. The number of carbonyl (C=O) groups is 2. The number of amides is 2. The quantitative estimate of drug-likeness (QED) is 0.631. The Morgan fingerprint density at radius 2 is 1.91 bits per heavy atom. The van der Waals surface area contributed by atoms with Gasteiger partial charge in [0, 0.05) is 36.9 Å². The van der Waals surface area contributed by atoms with Gasteiger partial charge in [-0.15, -0.1) is 0 Å². The van der Waals surface area contributed by atoms with E-state index in [2.05, 4.69) is 22.2 Å². The topological polar surface area (TPSA) is 75.2 Å². The third-order valence-electron chi connectivity index (χ3n) is 6.69. The van der Waals surface area contributed by atoms with Crippen molar-refractivity contribution >= 4 is 23.3 Å². The fourth-order valence-electron chi connectivity index (χ4n) is 4.64. The van der Waals surface area contributed by atoms with E-state index in [0.29, 0.717) is 18.3 Å². The van der Waals surface area contributed by atoms with E-state index in [1.165, 1.54) is 0 Å². The van der Waals surface area contributed by atoms with Crippen LogP contribution in [0.15, 0.2) is 67.1 Å². The van der Waals surface area contributed by atoms with Crippen molar-refractivity contribution in [1.82, 2.24) is 9.97 Å². The Morgan fingerprint density at radius 3 is 2.69 bits per heavy atom. The summed E-state index contributed by atoms with van der Waals surface area (Å²) in [5.41, 5.74) is 3.58. The van der Waals surface area contributed by atoms with Crippen molar-refractivity contribution < 1.29 is 9.59 Å². The molecule has 0 radical (unpaired) electrons. The number of nitrogens with zero attached hydrogens (tertiary/aromatic N) is 3. The molecule has 0 spiro atoms. The first kappa shape index (κ1) is 20.4. The fourth-order valence-corrected chi connectivity index (χ4v) is 4.64. The predicted octanol–water partition coefficient (Wildman–Crippen LogP) is 4.48. The van der Waals surface area contributed by atoms with Gasteiger partial charge in [0.1, 0.15) is 5.82 Å². The van der Waals surface area contributed by atoms with E-state index < -0.39 is 0 Å². The Balaban J connectivity index is 1.26. The number of benzene rings is 1. The lowest BCUT2D eigenvalue weighted by atomic mass is 9.83. The molecule has 3 aromatic rings. The molecule has 1 saturated carbocycles. The van der Waals surface area contributed by atoms with E-state index in [1.54, 1.807) is 24.7 Å². The van der Waals surface area contributed by atoms with Gasteiger partial charge in [0.2, 0.25) is 11.8 Å². The molecular weight excluding hydrogens is 400 g/mol. The van der Waals surface area contributed by atoms with Crippen LogP contribution >= 0.6 is 0 Å². The lowest BCUT2D eigenvalue weighted by molar-refractivity contribution is -0.125. The third kappa shape index (κ3) is 4.00. The number of pyridine rings is 2. The highest BCUT2D eigenvalue weighted by Gasteiger charge is 2.52. The van der Waals surface area contributed by atoms with Crippen molar-refractivity contribution in [1.29, 1.82) is 0 Å². The van der Waals surface area contributed by atoms with Crippen LogP contribution in [0.25, 0.3) is 11.1 Å². The van der Waals surface area contributed by atoms with E-state index in [1.807, 2.05) is 47.4 Å². The Hall–Kier alpha value is -3.54. The maximum Gasteiger partial charge on any atom is 0.233 e. The van der Waals surface area contributed by atoms with Crippen LogP contribution in [-0.4, -0.2) is 28.3 Å². The minimum absolute atomic E-state index is 0.142. The molecule has 2 aliphatic rings. The second kappa shape index (κ2) is 8.19. The third-order valence-corrected chi connectivity index (χ3v) is 6.69. The average molecular weight is 427 g/mol. The first-order chi connectivity index (χ1) is 15.5. The van der Waals surface area contributed by atoms with E-state index in [4.69, 9.17) is 0 Å². The standard InChI is InChI=1S/C26H26N4O2/c1-26(21-5-6-21)10-14-30(25(26)32)22-9-13-28-23(17-22)29-24(31)16-18-3-2-4-20(15-18)19-7-11-27-12-8-19/h2-4,7-9,11-13,15,17,21H,5-6,10,14,16H2,1H3,(H,28,29,31)/t26-/m0/s1. The normalized spacial score (nSPS) is 20.4. The van der Waals surface area contributed by atoms with Gasteiger partial charge >= 0.3 is 0 Å². The van der Waals surface area contributed by atoms with Gasteiger partial charge in [-0.1, -0.05) is 31.2 Å². The van der Waals surface area contributed by atoms with Crippen LogP contribution in [0.3, 0.4) is 0 Å². The van der Waals surface area contributed by atoms with Gasteiger partial charge in [0.15, 0.2) is 0 Å². The molecule has 6 nitrogen and oxygen atoms in total. The highest BCUT2D eigenvalue weighted by atomic mass is 16.2. The molecule has 0 unspecified atom stereocenters. The maximum atomic E-state index is 13.0. The van der Waals surface area contributed by atoms with Gasteiger partial charge in [-0.3, -0.25) is 14.6 Å². The molecule has 2 aromatic heterocycles. The van der Waals surface area contributed by atoms with Gasteiger partial charge in [-0.2, -0.15) is 0 Å². The summed E-state index contributed by atoms with van der Waals surface area (Å²) in [6.45, 7) is 2.81. The maximum absolute atomic E-state index is 13.0. The molecule has 2 fully saturated rings. The van der Waals surface area contributed by atoms with Gasteiger partial charge in [-0.25, -0.2) is 4.98 Å². The van der Waals surface area contributed by atoms with Crippen molar-refractivity contribution in [2.45, 2.75) is 32.6 Å². The Bertz CT molecular complexity index is 1160. The molecule has 1 N–H and O–H groups in total. The van der Waals surface area contributed by atoms with E-state index in [0.717, 1.165) is 41.6 Å². The smallest absolute Gasteiger partial charge is 0.233 e. The lowest BCUT2D eigenvalue weighted by Gasteiger charge is -2.23. The van der Waals surface area contributed by atoms with Crippen LogP contribution in [0.1, 0.15) is 31.7 Å². The largest absolute Gasteiger partial charge is 0.312 e. The van der Waals surface area contributed by atoms with E-state index in [9.17, 15) is 9.59 Å². The molecule has 1 aliphatic heterocycles. The second-order valence-corrected chi connectivity index (χ2v) is 8.96. The van der Waals surface area contributed by atoms with Gasteiger partial charge in [0.25, 0.3) is 0 Å². The van der Waals surface area contributed by atoms with Crippen LogP contribution in [-0.2, 0) is 16.0 Å². The van der Waals surface area contributed by atoms with Gasteiger partial charge in [-0.05, 0) is 60.1 Å². The molecule has 0 bridgehead atoms. The van der Waals surface area contributed by atoms with Crippen LogP contribution in [0.4, 0.5) is 11.5 Å². The van der Waals surface area contributed by atoms with Crippen molar-refractivity contribution in [3.8, 4) is 11.1 Å². The lowest BCUT2D eigenvalue weighted by Crippen LogP contribution is -2.34. The summed E-state index contributed by atoms with van der Waals surface area (Å²) in [5, 5.41) is 2.89. The summed E-state index contributed by atoms with van der Waals surface area (Å²) in [6.07, 6.45) is 8.58. The van der Waals surface area contributed by atoms with Gasteiger partial charge < -0.3 is 10.2 Å². The first-order valence-corrected chi connectivity index (χ1v) is 11.1. The Labute approximate surface area is 187 Å². The summed E-state index contributed by atoms with van der Waals surface area (Å²) < 4.78 is 0. The zero-order chi connectivity index (χ0) is 22.1. The van der Waals surface area contributed by atoms with Crippen LogP contribution in [0.2, 0.25) is 0 Å². The van der Waals surface area contributed by atoms with Crippen LogP contribution in [0, 0.1) is 11.3 Å². The monoisotopic (exact) mass is 426 g/mol. The molecule has 32 heavy (non-hydrogen) atoms. The minimum atomic E-state index is -0.244. The van der Waals surface area contributed by atoms with Crippen molar-refractivity contribution in [2.75, 3.05) is 16.8 Å². The zero-order valence-electron chi connectivity index (χ0n) is 18.1. The Morgan fingerprint density at radius 1 is 1.09 bits per heavy atom. The molecule has 1 aromatic carbocycles. The molecule has 162 valence electrons. The second-order valence-electron chi connectivity index (χ2n) is 8.96. The molecule has 2 amide bonds. The van der Waals surface area contributed by atoms with E-state index >= 15 is 0 Å². The minimum Gasteiger partial charge on any atom is -0.312 e. The number of anilines is 2. The van der Waals surface area contributed by atoms with Gasteiger partial charge in [0.05, 0.1) is 11.8 Å². The zero-order valence-corrected chi connectivity index (χ0v) is 18.1. The summed E-state index contributed by atoms with van der Waals surface area (Å²) in [6, 6.07) is 15.4. The number of hydrogen-bond donors (Lipinski definition) is 1. The van der Waals surface area contributed by atoms with Crippen molar-refractivity contribution in [3.63, 3.8) is 0 Å². The summed E-state index contributed by atoms with van der Waals surface area (Å²) in [5.74, 6) is 1.03. The van der Waals surface area contributed by atoms with E-state index in [-0.39, 0.29) is 23.7 Å². The molecule has 1 atom stereocenters. The number of carbonyl (C=O) groups excluding carboxylic acids is 2. The van der Waals surface area contributed by atoms with Crippen molar-refractivity contribution in [2.24, 2.45) is 11.3 Å². The SMILES string of the molecule is C[C@@]1(C2CC2)CCN(c2ccnc(NC(=O)Cc3cccc(-c4ccncc4)c3)c2)C1=O. The summed E-state index contributed by atoms with van der Waals surface area (Å²) in [7, 11) is 0. The fraction of sp³-hybridized carbons (Fsp3) is 0.308. The van der Waals surface area contributed by atoms with Crippen molar-refractivity contribution in [3.05, 3.63) is 72.7 Å². The average Bonchev–Trinajstić information content (AvgIpc) is 3.62.